The van der Waals surface area contributed by atoms with Gasteiger partial charge in [-0.15, -0.1) is 0 Å². The second-order valence-corrected chi connectivity index (χ2v) is 4.66. The Balaban J connectivity index is 2.32. The number of hydrogen-bond donors (Lipinski definition) is 3. The van der Waals surface area contributed by atoms with Gasteiger partial charge in [0.15, 0.2) is 0 Å². The molecule has 0 heterocycles. The second kappa shape index (κ2) is 7.63. The maximum atomic E-state index is 11.6. The van der Waals surface area contributed by atoms with Crippen molar-refractivity contribution in [3.05, 3.63) is 34.9 Å². The van der Waals surface area contributed by atoms with E-state index in [1.807, 2.05) is 18.2 Å². The molecule has 1 aromatic rings. The molecule has 0 bridgehead atoms. The molecule has 1 aromatic carbocycles. The molecule has 0 spiro atoms. The zero-order valence-electron chi connectivity index (χ0n) is 10.6. The Bertz CT molecular complexity index is 451. The van der Waals surface area contributed by atoms with E-state index < -0.39 is 5.97 Å². The third kappa shape index (κ3) is 6.10. The summed E-state index contributed by atoms with van der Waals surface area (Å²) in [5.74, 6) is -0.870. The molecular weight excluding hydrogens is 268 g/mol. The first-order valence-electron chi connectivity index (χ1n) is 5.98. The van der Waals surface area contributed by atoms with Gasteiger partial charge in [0.25, 0.3) is 0 Å². The molecule has 2 amide bonds. The van der Waals surface area contributed by atoms with Crippen LogP contribution < -0.4 is 10.6 Å². The molecule has 0 aliphatic heterocycles. The molecule has 5 nitrogen and oxygen atoms in total. The number of carboxylic acids is 1. The predicted molar refractivity (Wildman–Crippen MR) is 73.2 cm³/mol. The first-order valence-corrected chi connectivity index (χ1v) is 6.36. The standard InChI is InChI=1S/C13H17ClN2O3/c1-9(6-7-12(17)18)16-13(19)15-8-10-4-2-3-5-11(10)14/h2-5,9H,6-8H2,1H3,(H,17,18)(H2,15,16,19). The summed E-state index contributed by atoms with van der Waals surface area (Å²) in [6, 6.07) is 6.72. The van der Waals surface area contributed by atoms with Gasteiger partial charge in [-0.1, -0.05) is 29.8 Å². The molecule has 1 unspecified atom stereocenters. The number of nitrogens with one attached hydrogen (secondary N) is 2. The summed E-state index contributed by atoms with van der Waals surface area (Å²) in [5, 5.41) is 14.5. The van der Waals surface area contributed by atoms with E-state index in [1.165, 1.54) is 0 Å². The summed E-state index contributed by atoms with van der Waals surface area (Å²) >= 11 is 5.96. The van der Waals surface area contributed by atoms with Crippen LogP contribution in [0.3, 0.4) is 0 Å². The van der Waals surface area contributed by atoms with Crippen LogP contribution in [0.5, 0.6) is 0 Å². The van der Waals surface area contributed by atoms with Gasteiger partial charge in [-0.2, -0.15) is 0 Å². The Hall–Kier alpha value is -1.75. The van der Waals surface area contributed by atoms with Crippen molar-refractivity contribution in [2.75, 3.05) is 0 Å². The Labute approximate surface area is 117 Å². The molecule has 0 fully saturated rings. The molecule has 0 radical (unpaired) electrons. The monoisotopic (exact) mass is 284 g/mol. The zero-order valence-corrected chi connectivity index (χ0v) is 11.4. The second-order valence-electron chi connectivity index (χ2n) is 4.25. The van der Waals surface area contributed by atoms with E-state index in [9.17, 15) is 9.59 Å². The first kappa shape index (κ1) is 15.3. The van der Waals surface area contributed by atoms with E-state index in [1.54, 1.807) is 13.0 Å². The fourth-order valence-corrected chi connectivity index (χ4v) is 1.71. The summed E-state index contributed by atoms with van der Waals surface area (Å²) < 4.78 is 0. The van der Waals surface area contributed by atoms with Crippen molar-refractivity contribution < 1.29 is 14.7 Å². The number of hydrogen-bond acceptors (Lipinski definition) is 2. The van der Waals surface area contributed by atoms with E-state index >= 15 is 0 Å². The maximum Gasteiger partial charge on any atom is 0.315 e. The number of rotatable bonds is 6. The van der Waals surface area contributed by atoms with Crippen LogP contribution in [0.4, 0.5) is 4.79 Å². The number of amides is 2. The number of carbonyl (C=O) groups excluding carboxylic acids is 1. The molecule has 1 atom stereocenters. The number of carboxylic acid groups (broad SMARTS) is 1. The minimum atomic E-state index is -0.870. The molecule has 6 heteroatoms. The van der Waals surface area contributed by atoms with Crippen LogP contribution >= 0.6 is 11.6 Å². The van der Waals surface area contributed by atoms with E-state index in [0.29, 0.717) is 18.0 Å². The van der Waals surface area contributed by atoms with Crippen LogP contribution in [0.2, 0.25) is 5.02 Å². The summed E-state index contributed by atoms with van der Waals surface area (Å²) in [5.41, 5.74) is 0.831. The SMILES string of the molecule is CC(CCC(=O)O)NC(=O)NCc1ccccc1Cl. The van der Waals surface area contributed by atoms with Crippen LogP contribution in [0, 0.1) is 0 Å². The van der Waals surface area contributed by atoms with Gasteiger partial charge in [-0.3, -0.25) is 4.79 Å². The van der Waals surface area contributed by atoms with Gasteiger partial charge in [0.2, 0.25) is 0 Å². The van der Waals surface area contributed by atoms with Crippen molar-refractivity contribution >= 4 is 23.6 Å². The lowest BCUT2D eigenvalue weighted by Crippen LogP contribution is -2.40. The average Bonchev–Trinajstić information content (AvgIpc) is 2.35. The number of aliphatic carboxylic acids is 1. The van der Waals surface area contributed by atoms with Gasteiger partial charge in [0.05, 0.1) is 0 Å². The van der Waals surface area contributed by atoms with Crippen LogP contribution in [0.25, 0.3) is 0 Å². The molecule has 0 saturated heterocycles. The summed E-state index contributed by atoms with van der Waals surface area (Å²) in [6.07, 6.45) is 0.431. The van der Waals surface area contributed by atoms with Gasteiger partial charge < -0.3 is 15.7 Å². The quantitative estimate of drug-likeness (QED) is 0.750. The van der Waals surface area contributed by atoms with Gasteiger partial charge in [0.1, 0.15) is 0 Å². The van der Waals surface area contributed by atoms with E-state index in [4.69, 9.17) is 16.7 Å². The molecule has 0 aliphatic rings. The predicted octanol–water partition coefficient (Wildman–Crippen LogP) is 2.39. The van der Waals surface area contributed by atoms with E-state index in [-0.39, 0.29) is 18.5 Å². The normalized spacial score (nSPS) is 11.7. The highest BCUT2D eigenvalue weighted by Crippen LogP contribution is 2.14. The lowest BCUT2D eigenvalue weighted by atomic mass is 10.2. The van der Waals surface area contributed by atoms with Gasteiger partial charge in [-0.05, 0) is 25.0 Å². The minimum Gasteiger partial charge on any atom is -0.481 e. The highest BCUT2D eigenvalue weighted by atomic mass is 35.5. The van der Waals surface area contributed by atoms with Crippen molar-refractivity contribution in [2.24, 2.45) is 0 Å². The Kier molecular flexibility index (Phi) is 6.15. The van der Waals surface area contributed by atoms with Crippen LogP contribution in [-0.2, 0) is 11.3 Å². The Morgan fingerprint density at radius 1 is 1.37 bits per heavy atom. The van der Waals surface area contributed by atoms with Crippen LogP contribution in [-0.4, -0.2) is 23.1 Å². The molecular formula is C13H17ClN2O3. The van der Waals surface area contributed by atoms with Crippen molar-refractivity contribution in [1.29, 1.82) is 0 Å². The lowest BCUT2D eigenvalue weighted by Gasteiger charge is -2.14. The van der Waals surface area contributed by atoms with E-state index in [2.05, 4.69) is 10.6 Å². The average molecular weight is 285 g/mol. The number of carbonyl (C=O) groups is 2. The summed E-state index contributed by atoms with van der Waals surface area (Å²) in [6.45, 7) is 2.09. The maximum absolute atomic E-state index is 11.6. The molecule has 0 aliphatic carbocycles. The Morgan fingerprint density at radius 3 is 2.68 bits per heavy atom. The number of urea groups is 1. The smallest absolute Gasteiger partial charge is 0.315 e. The summed E-state index contributed by atoms with van der Waals surface area (Å²) in [4.78, 5) is 22.0. The lowest BCUT2D eigenvalue weighted by molar-refractivity contribution is -0.137. The molecule has 3 N–H and O–H groups in total. The molecule has 0 aromatic heterocycles. The first-order chi connectivity index (χ1) is 8.99. The molecule has 1 rings (SSSR count). The molecule has 19 heavy (non-hydrogen) atoms. The Morgan fingerprint density at radius 2 is 2.05 bits per heavy atom. The van der Waals surface area contributed by atoms with Gasteiger partial charge in [0, 0.05) is 24.0 Å². The highest BCUT2D eigenvalue weighted by Gasteiger charge is 2.09. The van der Waals surface area contributed by atoms with Crippen LogP contribution in [0.15, 0.2) is 24.3 Å². The number of halogens is 1. The topological polar surface area (TPSA) is 78.4 Å². The zero-order chi connectivity index (χ0) is 14.3. The van der Waals surface area contributed by atoms with Gasteiger partial charge in [-0.25, -0.2) is 4.79 Å². The van der Waals surface area contributed by atoms with Crippen molar-refractivity contribution in [3.63, 3.8) is 0 Å². The van der Waals surface area contributed by atoms with Crippen molar-refractivity contribution in [3.8, 4) is 0 Å². The third-order valence-corrected chi connectivity index (χ3v) is 2.93. The summed E-state index contributed by atoms with van der Waals surface area (Å²) in [7, 11) is 0. The van der Waals surface area contributed by atoms with Gasteiger partial charge >= 0.3 is 12.0 Å². The van der Waals surface area contributed by atoms with Crippen molar-refractivity contribution in [2.45, 2.75) is 32.4 Å². The fraction of sp³-hybridized carbons (Fsp3) is 0.385. The number of benzene rings is 1. The highest BCUT2D eigenvalue weighted by molar-refractivity contribution is 6.31. The molecule has 0 saturated carbocycles. The van der Waals surface area contributed by atoms with Crippen LogP contribution in [0.1, 0.15) is 25.3 Å². The fourth-order valence-electron chi connectivity index (χ4n) is 1.50. The largest absolute Gasteiger partial charge is 0.481 e. The minimum absolute atomic E-state index is 0.0337. The molecule has 104 valence electrons. The van der Waals surface area contributed by atoms with Crippen molar-refractivity contribution in [1.82, 2.24) is 10.6 Å². The third-order valence-electron chi connectivity index (χ3n) is 2.57. The van der Waals surface area contributed by atoms with E-state index in [0.717, 1.165) is 5.56 Å².